The Bertz CT molecular complexity index is 867. The van der Waals surface area contributed by atoms with Crippen molar-refractivity contribution in [2.75, 3.05) is 28.4 Å². The Labute approximate surface area is 196 Å². The third-order valence-corrected chi connectivity index (χ3v) is 5.01. The molecule has 0 bridgehead atoms. The summed E-state index contributed by atoms with van der Waals surface area (Å²) < 4.78 is 18.2. The van der Waals surface area contributed by atoms with Gasteiger partial charge in [-0.2, -0.15) is 5.10 Å². The first-order valence-electron chi connectivity index (χ1n) is 9.59. The van der Waals surface area contributed by atoms with Gasteiger partial charge in [0.1, 0.15) is 5.75 Å². The molecule has 30 heavy (non-hydrogen) atoms. The van der Waals surface area contributed by atoms with Crippen molar-refractivity contribution in [3.05, 3.63) is 34.6 Å². The van der Waals surface area contributed by atoms with E-state index in [0.29, 0.717) is 24.0 Å². The number of nitrogens with zero attached hydrogens (tertiary/aromatic N) is 3. The number of hydrogen-bond acceptors (Lipinski definition) is 5. The maximum Gasteiger partial charge on any atom is 0.191 e. The van der Waals surface area contributed by atoms with Gasteiger partial charge in [0.15, 0.2) is 17.5 Å². The summed E-state index contributed by atoms with van der Waals surface area (Å²) in [6, 6.07) is 3.92. The van der Waals surface area contributed by atoms with E-state index in [2.05, 4.69) is 34.6 Å². The first-order valence-corrected chi connectivity index (χ1v) is 9.59. The fourth-order valence-corrected chi connectivity index (χ4v) is 3.31. The van der Waals surface area contributed by atoms with Gasteiger partial charge in [0, 0.05) is 44.0 Å². The summed E-state index contributed by atoms with van der Waals surface area (Å²) >= 11 is 0. The number of aryl methyl sites for hydroxylation is 2. The summed E-state index contributed by atoms with van der Waals surface area (Å²) in [5.41, 5.74) is 4.47. The van der Waals surface area contributed by atoms with Crippen LogP contribution < -0.4 is 24.8 Å². The molecule has 0 radical (unpaired) electrons. The molecule has 168 valence electrons. The molecule has 8 nitrogen and oxygen atoms in total. The van der Waals surface area contributed by atoms with Crippen molar-refractivity contribution in [3.8, 4) is 17.2 Å². The molecule has 1 aromatic heterocycles. The number of aromatic nitrogens is 2. The highest BCUT2D eigenvalue weighted by atomic mass is 127. The van der Waals surface area contributed by atoms with Crippen molar-refractivity contribution in [3.63, 3.8) is 0 Å². The number of methoxy groups -OCH3 is 3. The molecule has 9 heteroatoms. The lowest BCUT2D eigenvalue weighted by Crippen LogP contribution is -2.42. The fraction of sp³-hybridized carbons (Fsp3) is 0.524. The molecule has 0 aliphatic rings. The van der Waals surface area contributed by atoms with E-state index in [1.807, 2.05) is 30.8 Å². The van der Waals surface area contributed by atoms with Crippen LogP contribution >= 0.6 is 24.0 Å². The lowest BCUT2D eigenvalue weighted by atomic mass is 10.1. The molecule has 1 unspecified atom stereocenters. The zero-order valence-corrected chi connectivity index (χ0v) is 21.5. The molecule has 2 aromatic rings. The quantitative estimate of drug-likeness (QED) is 0.310. The van der Waals surface area contributed by atoms with Crippen molar-refractivity contribution in [2.24, 2.45) is 12.0 Å². The van der Waals surface area contributed by atoms with E-state index in [1.165, 1.54) is 11.3 Å². The Morgan fingerprint density at radius 2 is 1.70 bits per heavy atom. The minimum absolute atomic E-state index is 0. The van der Waals surface area contributed by atoms with Crippen molar-refractivity contribution < 1.29 is 14.2 Å². The Morgan fingerprint density at radius 3 is 2.20 bits per heavy atom. The highest BCUT2D eigenvalue weighted by molar-refractivity contribution is 14.0. The molecule has 0 saturated heterocycles. The van der Waals surface area contributed by atoms with Gasteiger partial charge in [-0.15, -0.1) is 24.0 Å². The number of nitrogens with one attached hydrogen (secondary N) is 2. The highest BCUT2D eigenvalue weighted by Crippen LogP contribution is 2.34. The molecule has 1 atom stereocenters. The van der Waals surface area contributed by atoms with Crippen LogP contribution in [0.5, 0.6) is 17.2 Å². The van der Waals surface area contributed by atoms with Gasteiger partial charge >= 0.3 is 0 Å². The van der Waals surface area contributed by atoms with Crippen molar-refractivity contribution in [2.45, 2.75) is 39.8 Å². The second kappa shape index (κ2) is 11.9. The SMILES string of the molecule is CN=C(NCc1cc(OC)c(OC)cc1OC)NC(C)Cc1c(C)nn(C)c1C.I. The third kappa shape index (κ3) is 6.16. The molecule has 0 aliphatic carbocycles. The molecule has 1 heterocycles. The van der Waals surface area contributed by atoms with E-state index < -0.39 is 0 Å². The van der Waals surface area contributed by atoms with Crippen LogP contribution in [0.1, 0.15) is 29.4 Å². The van der Waals surface area contributed by atoms with Crippen LogP contribution in [0.3, 0.4) is 0 Å². The van der Waals surface area contributed by atoms with Gasteiger partial charge in [0.05, 0.1) is 27.0 Å². The molecule has 2 rings (SSSR count). The standard InChI is InChI=1S/C21H33N5O3.HI/c1-13(9-17-14(2)25-26(5)15(17)3)24-21(22-4)23-12-16-10-19(28-7)20(29-8)11-18(16)27-6;/h10-11,13H,9,12H2,1-8H3,(H2,22,23,24);1H. The van der Waals surface area contributed by atoms with Gasteiger partial charge in [-0.05, 0) is 38.8 Å². The zero-order chi connectivity index (χ0) is 21.6. The minimum Gasteiger partial charge on any atom is -0.496 e. The van der Waals surface area contributed by atoms with Crippen molar-refractivity contribution in [1.29, 1.82) is 0 Å². The average molecular weight is 531 g/mol. The Balaban J connectivity index is 0.00000450. The molecule has 2 N–H and O–H groups in total. The average Bonchev–Trinajstić information content (AvgIpc) is 2.96. The van der Waals surface area contributed by atoms with E-state index in [0.717, 1.165) is 23.4 Å². The zero-order valence-electron chi connectivity index (χ0n) is 19.1. The molecule has 0 saturated carbocycles. The number of aliphatic imine (C=N–C) groups is 1. The van der Waals surface area contributed by atoms with E-state index in [1.54, 1.807) is 28.4 Å². The molecular formula is C21H34IN5O3. The second-order valence-electron chi connectivity index (χ2n) is 6.97. The number of ether oxygens (including phenoxy) is 3. The van der Waals surface area contributed by atoms with Crippen LogP contribution in [0.15, 0.2) is 17.1 Å². The predicted molar refractivity (Wildman–Crippen MR) is 131 cm³/mol. The first kappa shape index (κ1) is 25.9. The van der Waals surface area contributed by atoms with Gasteiger partial charge in [-0.3, -0.25) is 9.67 Å². The van der Waals surface area contributed by atoms with Crippen LogP contribution in [-0.2, 0) is 20.0 Å². The summed E-state index contributed by atoms with van der Waals surface area (Å²) in [4.78, 5) is 4.34. The minimum atomic E-state index is 0. The van der Waals surface area contributed by atoms with E-state index >= 15 is 0 Å². The predicted octanol–water partition coefficient (Wildman–Crippen LogP) is 2.98. The lowest BCUT2D eigenvalue weighted by Gasteiger charge is -2.19. The van der Waals surface area contributed by atoms with Crippen LogP contribution in [-0.4, -0.2) is 50.2 Å². The normalized spacial score (nSPS) is 12.1. The van der Waals surface area contributed by atoms with Crippen LogP contribution in [0, 0.1) is 13.8 Å². The number of rotatable bonds is 8. The second-order valence-corrected chi connectivity index (χ2v) is 6.97. The summed E-state index contributed by atoms with van der Waals surface area (Å²) in [7, 11) is 8.59. The van der Waals surface area contributed by atoms with E-state index in [4.69, 9.17) is 14.2 Å². The maximum absolute atomic E-state index is 5.50. The molecule has 0 fully saturated rings. The molecule has 1 aromatic carbocycles. The number of halogens is 1. The Morgan fingerprint density at radius 1 is 1.10 bits per heavy atom. The Kier molecular flexibility index (Phi) is 10.2. The van der Waals surface area contributed by atoms with Crippen molar-refractivity contribution >= 4 is 29.9 Å². The van der Waals surface area contributed by atoms with Gasteiger partial charge in [0.25, 0.3) is 0 Å². The van der Waals surface area contributed by atoms with E-state index in [-0.39, 0.29) is 30.0 Å². The largest absolute Gasteiger partial charge is 0.496 e. The molecule has 0 amide bonds. The van der Waals surface area contributed by atoms with Crippen LogP contribution in [0.2, 0.25) is 0 Å². The third-order valence-electron chi connectivity index (χ3n) is 5.01. The summed E-state index contributed by atoms with van der Waals surface area (Å²) in [6.07, 6.45) is 0.867. The molecular weight excluding hydrogens is 497 g/mol. The van der Waals surface area contributed by atoms with Gasteiger partial charge in [-0.25, -0.2) is 0 Å². The number of guanidine groups is 1. The van der Waals surface area contributed by atoms with Crippen LogP contribution in [0.25, 0.3) is 0 Å². The van der Waals surface area contributed by atoms with Gasteiger partial charge < -0.3 is 24.8 Å². The smallest absolute Gasteiger partial charge is 0.191 e. The fourth-order valence-electron chi connectivity index (χ4n) is 3.31. The number of benzene rings is 1. The van der Waals surface area contributed by atoms with E-state index in [9.17, 15) is 0 Å². The summed E-state index contributed by atoms with van der Waals surface area (Å²) in [5.74, 6) is 2.73. The molecule has 0 aliphatic heterocycles. The first-order chi connectivity index (χ1) is 13.8. The van der Waals surface area contributed by atoms with Gasteiger partial charge in [-0.1, -0.05) is 0 Å². The van der Waals surface area contributed by atoms with Crippen LogP contribution in [0.4, 0.5) is 0 Å². The Hall–Kier alpha value is -2.17. The summed E-state index contributed by atoms with van der Waals surface area (Å²) in [5, 5.41) is 11.3. The summed E-state index contributed by atoms with van der Waals surface area (Å²) in [6.45, 7) is 6.81. The maximum atomic E-state index is 5.50. The number of hydrogen-bond donors (Lipinski definition) is 2. The monoisotopic (exact) mass is 531 g/mol. The topological polar surface area (TPSA) is 81.9 Å². The van der Waals surface area contributed by atoms with Crippen molar-refractivity contribution in [1.82, 2.24) is 20.4 Å². The molecule has 0 spiro atoms. The van der Waals surface area contributed by atoms with Gasteiger partial charge in [0.2, 0.25) is 0 Å². The lowest BCUT2D eigenvalue weighted by molar-refractivity contribution is 0.347. The highest BCUT2D eigenvalue weighted by Gasteiger charge is 2.15.